The van der Waals surface area contributed by atoms with Crippen LogP contribution in [0.3, 0.4) is 0 Å². The molecule has 0 fully saturated rings. The SMILES string of the molecule is CC.CCCCCCS(=O)(=O)CC/C(=N\OC(C)=O)c1ccc2c(c1)c1cc(C(=O)c3c(C)cc(C)cc3C)c3ccccc3c1n2CC(CC)CCCC. The van der Waals surface area contributed by atoms with Crippen molar-refractivity contribution in [2.75, 3.05) is 11.5 Å². The Bertz CT molecular complexity index is 2240. The Hall–Kier alpha value is -4.30. The molecule has 296 valence electrons. The number of rotatable bonds is 18. The van der Waals surface area contributed by atoms with Crippen LogP contribution in [0.2, 0.25) is 0 Å². The van der Waals surface area contributed by atoms with Gasteiger partial charge in [-0.05, 0) is 74.2 Å². The van der Waals surface area contributed by atoms with Gasteiger partial charge >= 0.3 is 5.97 Å². The maximum absolute atomic E-state index is 14.6. The number of carbonyl (C=O) groups is 2. The lowest BCUT2D eigenvalue weighted by Gasteiger charge is -2.19. The topological polar surface area (TPSA) is 94.8 Å². The first-order chi connectivity index (χ1) is 26.4. The number of benzene rings is 4. The molecule has 1 atom stereocenters. The van der Waals surface area contributed by atoms with Crippen LogP contribution in [0.1, 0.15) is 138 Å². The molecule has 55 heavy (non-hydrogen) atoms. The number of aromatic nitrogens is 1. The first-order valence-corrected chi connectivity index (χ1v) is 22.3. The largest absolute Gasteiger partial charge is 0.340 e. The third-order valence-electron chi connectivity index (χ3n) is 10.6. The average Bonchev–Trinajstić information content (AvgIpc) is 3.47. The number of aryl methyl sites for hydroxylation is 3. The van der Waals surface area contributed by atoms with E-state index in [0.717, 1.165) is 106 Å². The lowest BCUT2D eigenvalue weighted by molar-refractivity contribution is -0.140. The number of sulfone groups is 1. The summed E-state index contributed by atoms with van der Waals surface area (Å²) >= 11 is 0. The normalized spacial score (nSPS) is 12.6. The molecule has 8 heteroatoms. The van der Waals surface area contributed by atoms with E-state index in [9.17, 15) is 18.0 Å². The van der Waals surface area contributed by atoms with E-state index in [-0.39, 0.29) is 23.7 Å². The number of ketones is 1. The molecule has 5 aromatic rings. The molecule has 0 bridgehead atoms. The standard InChI is InChI=1S/C45H56N2O5S.C2H6/c1-8-11-13-16-23-53(50,51)24-22-41(46-52-33(7)48)35-20-21-42-38(27-35)39-28-40(45(49)43-31(5)25-30(4)26-32(43)6)36-18-14-15-19-37(36)44(39)47(42)29-34(10-3)17-12-9-2;1-2/h14-15,18-21,25-28,34H,8-13,16-17,22-24,29H2,1-7H3;1-2H3/b46-41+;. The summed E-state index contributed by atoms with van der Waals surface area (Å²) in [5, 5.41) is 8.02. The van der Waals surface area contributed by atoms with Gasteiger partial charge in [-0.1, -0.05) is 126 Å². The van der Waals surface area contributed by atoms with Crippen LogP contribution >= 0.6 is 0 Å². The average molecular weight is 767 g/mol. The van der Waals surface area contributed by atoms with Crippen molar-refractivity contribution in [2.24, 2.45) is 11.1 Å². The summed E-state index contributed by atoms with van der Waals surface area (Å²) in [6.45, 7) is 18.7. The third kappa shape index (κ3) is 10.5. The van der Waals surface area contributed by atoms with Crippen molar-refractivity contribution < 1.29 is 22.8 Å². The smallest absolute Gasteiger partial charge is 0.331 e. The Kier molecular flexibility index (Phi) is 15.8. The zero-order valence-corrected chi connectivity index (χ0v) is 35.5. The second-order valence-corrected chi connectivity index (χ2v) is 17.1. The van der Waals surface area contributed by atoms with E-state index in [4.69, 9.17) is 4.84 Å². The molecule has 0 saturated heterocycles. The highest BCUT2D eigenvalue weighted by Gasteiger charge is 2.24. The lowest BCUT2D eigenvalue weighted by atomic mass is 9.89. The van der Waals surface area contributed by atoms with Gasteiger partial charge in [0.25, 0.3) is 0 Å². The maximum atomic E-state index is 14.6. The number of fused-ring (bicyclic) bond motifs is 5. The molecule has 0 N–H and O–H groups in total. The summed E-state index contributed by atoms with van der Waals surface area (Å²) in [6, 6.07) is 20.4. The molecule has 0 saturated carbocycles. The molecular formula is C47H62N2O5S. The van der Waals surface area contributed by atoms with Gasteiger partial charge in [-0.15, -0.1) is 0 Å². The molecule has 0 aliphatic rings. The Morgan fingerprint density at radius 2 is 1.45 bits per heavy atom. The summed E-state index contributed by atoms with van der Waals surface area (Å²) in [6.07, 6.45) is 8.13. The van der Waals surface area contributed by atoms with Crippen LogP contribution in [0, 0.1) is 26.7 Å². The van der Waals surface area contributed by atoms with Gasteiger partial charge in [0.2, 0.25) is 0 Å². The first kappa shape index (κ1) is 43.4. The predicted molar refractivity (Wildman–Crippen MR) is 231 cm³/mol. The molecule has 7 nitrogen and oxygen atoms in total. The van der Waals surface area contributed by atoms with Crippen molar-refractivity contribution in [2.45, 2.75) is 127 Å². The summed E-state index contributed by atoms with van der Waals surface area (Å²) in [7, 11) is -3.34. The monoisotopic (exact) mass is 766 g/mol. The fourth-order valence-corrected chi connectivity index (χ4v) is 9.19. The van der Waals surface area contributed by atoms with Crippen molar-refractivity contribution in [3.8, 4) is 0 Å². The fourth-order valence-electron chi connectivity index (χ4n) is 7.83. The molecule has 0 amide bonds. The molecule has 1 aromatic heterocycles. The summed E-state index contributed by atoms with van der Waals surface area (Å²) in [4.78, 5) is 31.7. The minimum atomic E-state index is -3.34. The van der Waals surface area contributed by atoms with Crippen LogP contribution in [-0.2, 0) is 26.0 Å². The Morgan fingerprint density at radius 3 is 2.09 bits per heavy atom. The Labute approximate surface area is 329 Å². The highest BCUT2D eigenvalue weighted by atomic mass is 32.2. The van der Waals surface area contributed by atoms with E-state index in [2.05, 4.69) is 66.9 Å². The number of hydrogen-bond acceptors (Lipinski definition) is 6. The molecule has 0 radical (unpaired) electrons. The van der Waals surface area contributed by atoms with Gasteiger partial charge < -0.3 is 9.40 Å². The van der Waals surface area contributed by atoms with Crippen LogP contribution in [0.5, 0.6) is 0 Å². The number of carbonyl (C=O) groups excluding carboxylic acids is 2. The van der Waals surface area contributed by atoms with Crippen molar-refractivity contribution >= 4 is 59.9 Å². The van der Waals surface area contributed by atoms with Gasteiger partial charge in [0.15, 0.2) is 15.6 Å². The Balaban J connectivity index is 0.00000331. The lowest BCUT2D eigenvalue weighted by Crippen LogP contribution is -2.16. The molecule has 0 aliphatic heterocycles. The zero-order chi connectivity index (χ0) is 40.3. The second kappa shape index (κ2) is 20.0. The number of nitrogens with zero attached hydrogens (tertiary/aromatic N) is 2. The predicted octanol–water partition coefficient (Wildman–Crippen LogP) is 12.0. The van der Waals surface area contributed by atoms with Crippen molar-refractivity contribution in [3.63, 3.8) is 0 Å². The molecule has 4 aromatic carbocycles. The van der Waals surface area contributed by atoms with Crippen LogP contribution in [0.15, 0.2) is 65.8 Å². The highest BCUT2D eigenvalue weighted by molar-refractivity contribution is 7.91. The molecule has 0 aliphatic carbocycles. The Morgan fingerprint density at radius 1 is 0.782 bits per heavy atom. The van der Waals surface area contributed by atoms with E-state index in [1.54, 1.807) is 0 Å². The van der Waals surface area contributed by atoms with E-state index in [1.165, 1.54) is 6.92 Å². The van der Waals surface area contributed by atoms with E-state index < -0.39 is 15.8 Å². The number of hydrogen-bond donors (Lipinski definition) is 0. The minimum absolute atomic E-state index is 0.00853. The van der Waals surface area contributed by atoms with Crippen LogP contribution in [0.25, 0.3) is 32.6 Å². The molecule has 1 unspecified atom stereocenters. The van der Waals surface area contributed by atoms with Gasteiger partial charge in [0.05, 0.1) is 22.7 Å². The summed E-state index contributed by atoms with van der Waals surface area (Å²) in [5.74, 6) is -0.0779. The molecule has 0 spiro atoms. The maximum Gasteiger partial charge on any atom is 0.331 e. The van der Waals surface area contributed by atoms with E-state index in [0.29, 0.717) is 29.2 Å². The van der Waals surface area contributed by atoms with Gasteiger partial charge in [-0.25, -0.2) is 13.2 Å². The number of oxime groups is 1. The van der Waals surface area contributed by atoms with Crippen LogP contribution < -0.4 is 0 Å². The van der Waals surface area contributed by atoms with Crippen LogP contribution in [0.4, 0.5) is 0 Å². The van der Waals surface area contributed by atoms with Crippen molar-refractivity contribution in [1.82, 2.24) is 4.57 Å². The molecule has 1 heterocycles. The summed E-state index contributed by atoms with van der Waals surface area (Å²) in [5.41, 5.74) is 7.59. The highest BCUT2D eigenvalue weighted by Crippen LogP contribution is 2.39. The number of unbranched alkanes of at least 4 members (excludes halogenated alkanes) is 4. The van der Waals surface area contributed by atoms with Gasteiger partial charge in [-0.3, -0.25) is 4.79 Å². The first-order valence-electron chi connectivity index (χ1n) is 20.4. The van der Waals surface area contributed by atoms with Crippen LogP contribution in [-0.4, -0.2) is 42.0 Å². The van der Waals surface area contributed by atoms with Gasteiger partial charge in [0.1, 0.15) is 0 Å². The molecular weight excluding hydrogens is 705 g/mol. The third-order valence-corrected chi connectivity index (χ3v) is 12.3. The van der Waals surface area contributed by atoms with Gasteiger partial charge in [0, 0.05) is 58.3 Å². The van der Waals surface area contributed by atoms with Crippen molar-refractivity contribution in [3.05, 3.63) is 94.0 Å². The molecule has 5 rings (SSSR count). The minimum Gasteiger partial charge on any atom is -0.340 e. The quantitative estimate of drug-likeness (QED) is 0.0291. The van der Waals surface area contributed by atoms with Crippen molar-refractivity contribution in [1.29, 1.82) is 0 Å². The zero-order valence-electron chi connectivity index (χ0n) is 34.7. The second-order valence-electron chi connectivity index (χ2n) is 14.8. The fraction of sp³-hybridized carbons (Fsp3) is 0.468. The van der Waals surface area contributed by atoms with Gasteiger partial charge in [-0.2, -0.15) is 0 Å². The van der Waals surface area contributed by atoms with E-state index in [1.807, 2.05) is 58.9 Å². The van der Waals surface area contributed by atoms with E-state index >= 15 is 0 Å². The summed E-state index contributed by atoms with van der Waals surface area (Å²) < 4.78 is 28.6.